The minimum atomic E-state index is -0.276. The van der Waals surface area contributed by atoms with Crippen molar-refractivity contribution in [3.63, 3.8) is 0 Å². The monoisotopic (exact) mass is 398 g/mol. The van der Waals surface area contributed by atoms with Gasteiger partial charge in [-0.05, 0) is 50.2 Å². The topological polar surface area (TPSA) is 84.0 Å². The van der Waals surface area contributed by atoms with Gasteiger partial charge in [0.1, 0.15) is 11.6 Å². The molecule has 0 unspecified atom stereocenters. The lowest BCUT2D eigenvalue weighted by molar-refractivity contribution is 0.102. The van der Waals surface area contributed by atoms with Crippen molar-refractivity contribution in [1.29, 1.82) is 0 Å². The van der Waals surface area contributed by atoms with Gasteiger partial charge in [0, 0.05) is 38.1 Å². The maximum atomic E-state index is 12.4. The number of aromatic nitrogens is 1. The number of benzene rings is 1. The molecular formula is C21H26N4O4. The Labute approximate surface area is 170 Å². The van der Waals surface area contributed by atoms with E-state index in [9.17, 15) is 9.59 Å². The van der Waals surface area contributed by atoms with Crippen molar-refractivity contribution in [2.45, 2.75) is 13.8 Å². The second-order valence-electron chi connectivity index (χ2n) is 6.49. The summed E-state index contributed by atoms with van der Waals surface area (Å²) in [5.41, 5.74) is 1.17. The number of hydrogen-bond donors (Lipinski definition) is 1. The smallest absolute Gasteiger partial charge is 0.409 e. The molecule has 29 heavy (non-hydrogen) atoms. The quantitative estimate of drug-likeness (QED) is 0.805. The van der Waals surface area contributed by atoms with Crippen molar-refractivity contribution in [3.05, 3.63) is 48.2 Å². The second-order valence-corrected chi connectivity index (χ2v) is 6.49. The fourth-order valence-electron chi connectivity index (χ4n) is 3.04. The van der Waals surface area contributed by atoms with Crippen LogP contribution in [0.15, 0.2) is 42.6 Å². The zero-order chi connectivity index (χ0) is 20.6. The van der Waals surface area contributed by atoms with Crippen LogP contribution in [0.25, 0.3) is 0 Å². The summed E-state index contributed by atoms with van der Waals surface area (Å²) in [6.45, 7) is 7.20. The number of carbonyl (C=O) groups excluding carboxylic acids is 2. The van der Waals surface area contributed by atoms with Crippen molar-refractivity contribution in [2.75, 3.05) is 49.6 Å². The third kappa shape index (κ3) is 5.37. The number of piperazine rings is 1. The first-order valence-corrected chi connectivity index (χ1v) is 9.77. The van der Waals surface area contributed by atoms with Crippen LogP contribution in [-0.2, 0) is 4.74 Å². The molecule has 0 bridgehead atoms. The molecule has 0 aliphatic carbocycles. The number of pyridine rings is 1. The normalized spacial score (nSPS) is 13.7. The molecule has 0 spiro atoms. The van der Waals surface area contributed by atoms with Gasteiger partial charge in [-0.2, -0.15) is 0 Å². The summed E-state index contributed by atoms with van der Waals surface area (Å²) in [5, 5.41) is 2.85. The van der Waals surface area contributed by atoms with Crippen LogP contribution < -0.4 is 15.0 Å². The summed E-state index contributed by atoms with van der Waals surface area (Å²) < 4.78 is 10.4. The van der Waals surface area contributed by atoms with Crippen molar-refractivity contribution in [2.24, 2.45) is 0 Å². The first kappa shape index (κ1) is 20.4. The van der Waals surface area contributed by atoms with E-state index in [4.69, 9.17) is 9.47 Å². The van der Waals surface area contributed by atoms with E-state index in [-0.39, 0.29) is 12.0 Å². The Bertz CT molecular complexity index is 816. The molecule has 1 N–H and O–H groups in total. The van der Waals surface area contributed by atoms with Gasteiger partial charge in [0.25, 0.3) is 5.91 Å². The number of nitrogens with one attached hydrogen (secondary N) is 1. The summed E-state index contributed by atoms with van der Waals surface area (Å²) in [5.74, 6) is 1.33. The summed E-state index contributed by atoms with van der Waals surface area (Å²) in [4.78, 5) is 32.4. The molecule has 1 saturated heterocycles. The molecule has 0 saturated carbocycles. The van der Waals surface area contributed by atoms with Crippen LogP contribution in [0.5, 0.6) is 5.75 Å². The first-order valence-electron chi connectivity index (χ1n) is 9.77. The Hall–Kier alpha value is -3.29. The molecule has 1 fully saturated rings. The molecule has 154 valence electrons. The molecule has 0 atom stereocenters. The zero-order valence-electron chi connectivity index (χ0n) is 16.8. The summed E-state index contributed by atoms with van der Waals surface area (Å²) in [7, 11) is 0. The van der Waals surface area contributed by atoms with Crippen LogP contribution in [0.4, 0.5) is 16.3 Å². The molecule has 1 aromatic carbocycles. The summed E-state index contributed by atoms with van der Waals surface area (Å²) in [6, 6.07) is 10.8. The Balaban J connectivity index is 1.54. The average Bonchev–Trinajstić information content (AvgIpc) is 2.76. The minimum absolute atomic E-state index is 0.222. The van der Waals surface area contributed by atoms with E-state index in [2.05, 4.69) is 15.2 Å². The van der Waals surface area contributed by atoms with Crippen molar-refractivity contribution >= 4 is 23.5 Å². The molecule has 1 aromatic heterocycles. The Kier molecular flexibility index (Phi) is 6.89. The highest BCUT2D eigenvalue weighted by molar-refractivity contribution is 6.04. The predicted molar refractivity (Wildman–Crippen MR) is 111 cm³/mol. The summed E-state index contributed by atoms with van der Waals surface area (Å²) in [6.07, 6.45) is 1.29. The van der Waals surface area contributed by atoms with Crippen molar-refractivity contribution < 1.29 is 19.1 Å². The molecule has 3 rings (SSSR count). The lowest BCUT2D eigenvalue weighted by Crippen LogP contribution is -2.49. The number of rotatable bonds is 6. The van der Waals surface area contributed by atoms with Crippen LogP contribution in [0.3, 0.4) is 0 Å². The van der Waals surface area contributed by atoms with E-state index in [1.807, 2.05) is 25.1 Å². The molecule has 2 heterocycles. The van der Waals surface area contributed by atoms with Gasteiger partial charge in [0.05, 0.1) is 18.8 Å². The van der Waals surface area contributed by atoms with Crippen LogP contribution in [0.1, 0.15) is 24.2 Å². The van der Waals surface area contributed by atoms with Gasteiger partial charge >= 0.3 is 6.09 Å². The fourth-order valence-corrected chi connectivity index (χ4v) is 3.04. The van der Waals surface area contributed by atoms with Gasteiger partial charge in [-0.15, -0.1) is 0 Å². The highest BCUT2D eigenvalue weighted by Gasteiger charge is 2.22. The second kappa shape index (κ2) is 9.77. The van der Waals surface area contributed by atoms with E-state index in [1.54, 1.807) is 36.2 Å². The highest BCUT2D eigenvalue weighted by atomic mass is 16.6. The fraction of sp³-hybridized carbons (Fsp3) is 0.381. The van der Waals surface area contributed by atoms with Crippen LogP contribution in [-0.4, -0.2) is 61.3 Å². The van der Waals surface area contributed by atoms with Gasteiger partial charge in [-0.1, -0.05) is 0 Å². The summed E-state index contributed by atoms with van der Waals surface area (Å²) >= 11 is 0. The number of amides is 2. The Morgan fingerprint density at radius 1 is 1.00 bits per heavy atom. The van der Waals surface area contributed by atoms with E-state index < -0.39 is 0 Å². The number of nitrogens with zero attached hydrogens (tertiary/aromatic N) is 3. The van der Waals surface area contributed by atoms with Gasteiger partial charge in [-0.25, -0.2) is 9.78 Å². The van der Waals surface area contributed by atoms with Gasteiger partial charge in [0.2, 0.25) is 0 Å². The van der Waals surface area contributed by atoms with Crippen LogP contribution in [0, 0.1) is 0 Å². The number of ether oxygens (including phenoxy) is 2. The molecular weight excluding hydrogens is 372 g/mol. The van der Waals surface area contributed by atoms with Gasteiger partial charge < -0.3 is 24.6 Å². The maximum absolute atomic E-state index is 12.4. The van der Waals surface area contributed by atoms with Crippen molar-refractivity contribution in [3.8, 4) is 5.75 Å². The van der Waals surface area contributed by atoms with Crippen LogP contribution >= 0.6 is 0 Å². The minimum Gasteiger partial charge on any atom is -0.494 e. The van der Waals surface area contributed by atoms with Gasteiger partial charge in [0.15, 0.2) is 0 Å². The SMILES string of the molecule is CCOC(=O)N1CCN(c2ccc(C(=O)Nc3ccc(OCC)cc3)cn2)CC1. The van der Waals surface area contributed by atoms with Crippen LogP contribution in [0.2, 0.25) is 0 Å². The molecule has 1 aliphatic rings. The highest BCUT2D eigenvalue weighted by Crippen LogP contribution is 2.18. The first-order chi connectivity index (χ1) is 14.1. The molecule has 2 amide bonds. The van der Waals surface area contributed by atoms with E-state index in [0.29, 0.717) is 50.6 Å². The van der Waals surface area contributed by atoms with Crippen molar-refractivity contribution in [1.82, 2.24) is 9.88 Å². The Morgan fingerprint density at radius 2 is 1.72 bits per heavy atom. The zero-order valence-corrected chi connectivity index (χ0v) is 16.8. The third-order valence-corrected chi connectivity index (χ3v) is 4.56. The van der Waals surface area contributed by atoms with E-state index in [0.717, 1.165) is 11.6 Å². The molecule has 1 aliphatic heterocycles. The Morgan fingerprint density at radius 3 is 2.31 bits per heavy atom. The standard InChI is InChI=1S/C21H26N4O4/c1-3-28-18-8-6-17(7-9-18)23-20(26)16-5-10-19(22-15-16)24-11-13-25(14-12-24)21(27)29-4-2/h5-10,15H,3-4,11-14H2,1-2H3,(H,23,26). The largest absolute Gasteiger partial charge is 0.494 e. The molecule has 2 aromatic rings. The molecule has 0 radical (unpaired) electrons. The van der Waals surface area contributed by atoms with Gasteiger partial charge in [-0.3, -0.25) is 4.79 Å². The molecule has 8 heteroatoms. The number of carbonyl (C=O) groups is 2. The number of anilines is 2. The predicted octanol–water partition coefficient (Wildman–Crippen LogP) is 3.01. The lowest BCUT2D eigenvalue weighted by atomic mass is 10.2. The average molecular weight is 398 g/mol. The van der Waals surface area contributed by atoms with E-state index in [1.165, 1.54) is 0 Å². The lowest BCUT2D eigenvalue weighted by Gasteiger charge is -2.34. The number of hydrogen-bond acceptors (Lipinski definition) is 6. The molecule has 8 nitrogen and oxygen atoms in total. The maximum Gasteiger partial charge on any atom is 0.409 e. The third-order valence-electron chi connectivity index (χ3n) is 4.56. The van der Waals surface area contributed by atoms with E-state index >= 15 is 0 Å².